The van der Waals surface area contributed by atoms with Gasteiger partial charge in [-0.05, 0) is 48.9 Å². The number of fused-ring (bicyclic) bond motifs is 8. The van der Waals surface area contributed by atoms with Crippen molar-refractivity contribution in [3.05, 3.63) is 87.4 Å². The minimum atomic E-state index is -0.316. The molecule has 11 heteroatoms. The van der Waals surface area contributed by atoms with E-state index in [1.54, 1.807) is 42.3 Å². The molecule has 4 bridgehead atoms. The summed E-state index contributed by atoms with van der Waals surface area (Å²) < 4.78 is 13.0. The minimum Gasteiger partial charge on any atom is -0.493 e. The molecule has 2 N–H and O–H groups in total. The van der Waals surface area contributed by atoms with E-state index in [1.807, 2.05) is 22.9 Å². The van der Waals surface area contributed by atoms with Crippen molar-refractivity contribution >= 4 is 11.8 Å². The van der Waals surface area contributed by atoms with Gasteiger partial charge in [0.05, 0.1) is 31.5 Å². The number of H-pyrrole nitrogens is 1. The zero-order chi connectivity index (χ0) is 26.4. The molecule has 6 rings (SSSR count). The van der Waals surface area contributed by atoms with Crippen LogP contribution in [-0.4, -0.2) is 49.9 Å². The first-order valence-corrected chi connectivity index (χ1v) is 12.0. The van der Waals surface area contributed by atoms with E-state index in [0.717, 1.165) is 11.1 Å². The number of aromatic amines is 1. The van der Waals surface area contributed by atoms with Gasteiger partial charge in [-0.2, -0.15) is 0 Å². The van der Waals surface area contributed by atoms with E-state index in [9.17, 15) is 14.4 Å². The van der Waals surface area contributed by atoms with Gasteiger partial charge in [0.15, 0.2) is 18.1 Å². The monoisotopic (exact) mass is 512 g/mol. The molecule has 2 aliphatic rings. The quantitative estimate of drug-likeness (QED) is 0.421. The van der Waals surface area contributed by atoms with Crippen LogP contribution in [0.2, 0.25) is 0 Å². The van der Waals surface area contributed by atoms with Crippen LogP contribution in [-0.2, 0) is 24.4 Å². The third-order valence-corrected chi connectivity index (χ3v) is 6.61. The van der Waals surface area contributed by atoms with Gasteiger partial charge in [0, 0.05) is 35.8 Å². The highest BCUT2D eigenvalue weighted by Gasteiger charge is 2.28. The summed E-state index contributed by atoms with van der Waals surface area (Å²) in [6, 6.07) is 10.8. The third-order valence-electron chi connectivity index (χ3n) is 6.61. The molecule has 4 heterocycles. The molecule has 0 saturated heterocycles. The average Bonchev–Trinajstić information content (AvgIpc) is 3.57. The van der Waals surface area contributed by atoms with E-state index in [0.29, 0.717) is 45.7 Å². The van der Waals surface area contributed by atoms with Crippen LogP contribution in [0.1, 0.15) is 33.0 Å². The second-order valence-electron chi connectivity index (χ2n) is 9.18. The number of nitrogens with zero attached hydrogens (tertiary/aromatic N) is 4. The summed E-state index contributed by atoms with van der Waals surface area (Å²) in [4.78, 5) is 51.8. The zero-order valence-corrected chi connectivity index (χ0v) is 20.8. The van der Waals surface area contributed by atoms with E-state index in [-0.39, 0.29) is 43.6 Å². The van der Waals surface area contributed by atoms with Crippen LogP contribution in [0.15, 0.2) is 53.6 Å². The van der Waals surface area contributed by atoms with Crippen molar-refractivity contribution < 1.29 is 19.1 Å². The fourth-order valence-electron chi connectivity index (χ4n) is 4.80. The number of rotatable bonds is 2. The first kappa shape index (κ1) is 23.5. The Morgan fingerprint density at radius 3 is 2.84 bits per heavy atom. The minimum absolute atomic E-state index is 0.176. The van der Waals surface area contributed by atoms with Crippen molar-refractivity contribution in [2.75, 3.05) is 13.7 Å². The number of aryl methyl sites for hydroxylation is 1. The molecule has 2 amide bonds. The highest BCUT2D eigenvalue weighted by atomic mass is 16.5. The Kier molecular flexibility index (Phi) is 5.67. The average molecular weight is 513 g/mol. The molecule has 0 radical (unpaired) electrons. The fraction of sp³-hybridized carbons (Fsp3) is 0.222. The molecule has 2 aromatic heterocycles. The molecule has 0 spiro atoms. The van der Waals surface area contributed by atoms with Crippen LogP contribution in [0, 0.1) is 6.92 Å². The molecule has 4 aromatic rings. The fourth-order valence-corrected chi connectivity index (χ4v) is 4.80. The number of carbonyl (C=O) groups is 2. The number of benzene rings is 2. The molecule has 192 valence electrons. The molecule has 0 unspecified atom stereocenters. The molecule has 0 atom stereocenters. The maximum Gasteiger partial charge on any atom is 0.258 e. The Morgan fingerprint density at radius 2 is 2.00 bits per heavy atom. The predicted octanol–water partition coefficient (Wildman–Crippen LogP) is 2.10. The van der Waals surface area contributed by atoms with Gasteiger partial charge in [0.2, 0.25) is 0 Å². The number of carbonyl (C=O) groups excluding carboxylic acids is 2. The number of imidazole rings is 1. The van der Waals surface area contributed by atoms with Gasteiger partial charge in [0.25, 0.3) is 17.4 Å². The molecule has 2 aliphatic heterocycles. The van der Waals surface area contributed by atoms with Crippen LogP contribution in [0.5, 0.6) is 11.5 Å². The number of nitrogens with one attached hydrogen (secondary N) is 2. The molecular weight excluding hydrogens is 488 g/mol. The molecular formula is C27H24N6O5. The largest absolute Gasteiger partial charge is 0.493 e. The van der Waals surface area contributed by atoms with Crippen molar-refractivity contribution in [1.29, 1.82) is 0 Å². The summed E-state index contributed by atoms with van der Waals surface area (Å²) in [6.45, 7) is 2.13. The van der Waals surface area contributed by atoms with Gasteiger partial charge >= 0.3 is 0 Å². The zero-order valence-electron chi connectivity index (χ0n) is 20.8. The van der Waals surface area contributed by atoms with Crippen LogP contribution >= 0.6 is 0 Å². The van der Waals surface area contributed by atoms with Crippen LogP contribution in [0.25, 0.3) is 17.1 Å². The molecule has 38 heavy (non-hydrogen) atoms. The normalized spacial score (nSPS) is 14.3. The van der Waals surface area contributed by atoms with Gasteiger partial charge in [0.1, 0.15) is 11.6 Å². The van der Waals surface area contributed by atoms with Gasteiger partial charge in [-0.25, -0.2) is 9.97 Å². The van der Waals surface area contributed by atoms with E-state index >= 15 is 0 Å². The Morgan fingerprint density at radius 1 is 1.13 bits per heavy atom. The second-order valence-corrected chi connectivity index (χ2v) is 9.18. The maximum absolute atomic E-state index is 13.7. The highest BCUT2D eigenvalue weighted by molar-refractivity contribution is 5.95. The van der Waals surface area contributed by atoms with Crippen molar-refractivity contribution in [2.45, 2.75) is 26.6 Å². The lowest BCUT2D eigenvalue weighted by Crippen LogP contribution is -2.29. The van der Waals surface area contributed by atoms with Gasteiger partial charge in [-0.15, -0.1) is 0 Å². The van der Waals surface area contributed by atoms with Crippen molar-refractivity contribution in [2.24, 2.45) is 0 Å². The smallest absolute Gasteiger partial charge is 0.258 e. The topological polar surface area (TPSA) is 131 Å². The van der Waals surface area contributed by atoms with E-state index in [2.05, 4.69) is 20.3 Å². The number of methoxy groups -OCH3 is 1. The molecule has 0 fully saturated rings. The van der Waals surface area contributed by atoms with Crippen molar-refractivity contribution in [3.63, 3.8) is 0 Å². The Labute approximate surface area is 217 Å². The summed E-state index contributed by atoms with van der Waals surface area (Å²) in [5.74, 6) is 1.51. The Balaban J connectivity index is 1.42. The maximum atomic E-state index is 13.7. The summed E-state index contributed by atoms with van der Waals surface area (Å²) in [5, 5.41) is 2.85. The predicted molar refractivity (Wildman–Crippen MR) is 136 cm³/mol. The van der Waals surface area contributed by atoms with Gasteiger partial charge < -0.3 is 24.7 Å². The van der Waals surface area contributed by atoms with Crippen LogP contribution < -0.4 is 20.3 Å². The standard InChI is InChI=1S/C27H24N6O5/c1-15-30-21-13-32(12-20(21)26(35)31-15)27(36)18-7-16-8-19(9-18)33-6-5-28-25(33)17-3-4-22(37-2)23(10-17)38-14-24(34)29-11-16/h3-10H,11-14H2,1-2H3,(H,29,34)(H,30,31,35). The second kappa shape index (κ2) is 9.18. The lowest BCUT2D eigenvalue weighted by molar-refractivity contribution is -0.123. The number of aromatic nitrogens is 4. The van der Waals surface area contributed by atoms with Crippen molar-refractivity contribution in [3.8, 4) is 28.6 Å². The van der Waals surface area contributed by atoms with E-state index in [4.69, 9.17) is 9.47 Å². The number of hydrogen-bond acceptors (Lipinski definition) is 7. The van der Waals surface area contributed by atoms with Crippen LogP contribution in [0.4, 0.5) is 0 Å². The van der Waals surface area contributed by atoms with E-state index in [1.165, 1.54) is 7.11 Å². The molecule has 0 aliphatic carbocycles. The number of hydrogen-bond donors (Lipinski definition) is 2. The molecule has 11 nitrogen and oxygen atoms in total. The third kappa shape index (κ3) is 4.17. The first-order valence-electron chi connectivity index (χ1n) is 12.0. The summed E-state index contributed by atoms with van der Waals surface area (Å²) in [5.41, 5.74) is 3.48. The summed E-state index contributed by atoms with van der Waals surface area (Å²) in [6.07, 6.45) is 3.49. The van der Waals surface area contributed by atoms with Crippen LogP contribution in [0.3, 0.4) is 0 Å². The Hall–Kier alpha value is -4.93. The summed E-state index contributed by atoms with van der Waals surface area (Å²) in [7, 11) is 1.53. The van der Waals surface area contributed by atoms with Gasteiger partial charge in [-0.3, -0.25) is 19.0 Å². The highest BCUT2D eigenvalue weighted by Crippen LogP contribution is 2.33. The summed E-state index contributed by atoms with van der Waals surface area (Å²) >= 11 is 0. The molecule has 2 aromatic carbocycles. The number of amides is 2. The lowest BCUT2D eigenvalue weighted by atomic mass is 10.1. The molecule has 0 saturated carbocycles. The first-order chi connectivity index (χ1) is 18.4. The van der Waals surface area contributed by atoms with Crippen molar-refractivity contribution in [1.82, 2.24) is 29.7 Å². The number of ether oxygens (including phenoxy) is 2. The Bertz CT molecular complexity index is 1660. The SMILES string of the molecule is COc1ccc2cc1OCC(=O)NCc1cc(C(=O)N3Cc4nc(C)[nH]c(=O)c4C3)cc(c1)-n1ccnc1-2. The van der Waals surface area contributed by atoms with Gasteiger partial charge in [-0.1, -0.05) is 0 Å². The van der Waals surface area contributed by atoms with E-state index < -0.39 is 0 Å². The lowest BCUT2D eigenvalue weighted by Gasteiger charge is -2.18.